The predicted molar refractivity (Wildman–Crippen MR) is 84.5 cm³/mol. The van der Waals surface area contributed by atoms with E-state index < -0.39 is 0 Å². The Labute approximate surface area is 138 Å². The second kappa shape index (κ2) is 6.64. The van der Waals surface area contributed by atoms with Crippen LogP contribution < -0.4 is 0 Å². The highest BCUT2D eigenvalue weighted by Crippen LogP contribution is 2.25. The van der Waals surface area contributed by atoms with E-state index in [0.717, 1.165) is 12.8 Å². The fraction of sp³-hybridized carbons (Fsp3) is 0.467. The molecule has 1 aliphatic heterocycles. The zero-order chi connectivity index (χ0) is 16.4. The van der Waals surface area contributed by atoms with Gasteiger partial charge in [-0.3, -0.25) is 4.79 Å². The van der Waals surface area contributed by atoms with E-state index in [0.29, 0.717) is 29.4 Å². The first-order valence-corrected chi connectivity index (χ1v) is 7.94. The molecular formula is C15H18ClN5O2. The third-order valence-electron chi connectivity index (χ3n) is 4.29. The van der Waals surface area contributed by atoms with Gasteiger partial charge in [0.2, 0.25) is 0 Å². The lowest BCUT2D eigenvalue weighted by Crippen LogP contribution is -2.41. The molecule has 1 aromatic carbocycles. The number of aromatic nitrogens is 4. The van der Waals surface area contributed by atoms with Gasteiger partial charge in [0.25, 0.3) is 5.91 Å². The molecule has 1 amide bonds. The summed E-state index contributed by atoms with van der Waals surface area (Å²) in [7, 11) is 0. The van der Waals surface area contributed by atoms with Crippen molar-refractivity contribution in [1.29, 1.82) is 0 Å². The van der Waals surface area contributed by atoms with Crippen molar-refractivity contribution in [3.8, 4) is 5.69 Å². The number of halogens is 1. The van der Waals surface area contributed by atoms with Gasteiger partial charge in [-0.2, -0.15) is 4.68 Å². The van der Waals surface area contributed by atoms with Crippen LogP contribution in [-0.2, 0) is 0 Å². The number of likely N-dealkylation sites (tertiary alicyclic amines) is 1. The number of tetrazole rings is 1. The van der Waals surface area contributed by atoms with Crippen LogP contribution in [0.25, 0.3) is 5.69 Å². The number of hydrogen-bond donors (Lipinski definition) is 1. The first-order chi connectivity index (χ1) is 11.1. The number of aliphatic hydroxyl groups excluding tert-OH is 1. The van der Waals surface area contributed by atoms with Crippen molar-refractivity contribution in [2.75, 3.05) is 13.1 Å². The molecular weight excluding hydrogens is 318 g/mol. The van der Waals surface area contributed by atoms with Gasteiger partial charge in [-0.1, -0.05) is 11.6 Å². The molecule has 0 radical (unpaired) electrons. The highest BCUT2D eigenvalue weighted by molar-refractivity contribution is 6.31. The van der Waals surface area contributed by atoms with Crippen molar-refractivity contribution in [2.24, 2.45) is 5.92 Å². The van der Waals surface area contributed by atoms with E-state index in [4.69, 9.17) is 11.6 Å². The summed E-state index contributed by atoms with van der Waals surface area (Å²) < 4.78 is 1.45. The molecule has 3 rings (SSSR count). The molecule has 1 saturated heterocycles. The number of nitrogens with zero attached hydrogens (tertiary/aromatic N) is 5. The molecule has 2 aromatic rings. The minimum absolute atomic E-state index is 0.0953. The Bertz CT molecular complexity index is 681. The van der Waals surface area contributed by atoms with Crippen LogP contribution in [0.5, 0.6) is 0 Å². The Hall–Kier alpha value is -1.99. The maximum absolute atomic E-state index is 12.9. The van der Waals surface area contributed by atoms with Crippen LogP contribution in [-0.4, -0.2) is 55.3 Å². The number of carbonyl (C=O) groups is 1. The number of benzene rings is 1. The number of piperidine rings is 1. The van der Waals surface area contributed by atoms with Crippen LogP contribution >= 0.6 is 11.6 Å². The average molecular weight is 336 g/mol. The lowest BCUT2D eigenvalue weighted by Gasteiger charge is -2.33. The number of aliphatic hydroxyl groups is 1. The summed E-state index contributed by atoms with van der Waals surface area (Å²) in [5.74, 6) is 0.152. The zero-order valence-electron chi connectivity index (χ0n) is 12.8. The Morgan fingerprint density at radius 1 is 1.39 bits per heavy atom. The van der Waals surface area contributed by atoms with Crippen LogP contribution in [0.2, 0.25) is 5.02 Å². The molecule has 2 heterocycles. The van der Waals surface area contributed by atoms with E-state index in [9.17, 15) is 9.90 Å². The Balaban J connectivity index is 1.84. The van der Waals surface area contributed by atoms with Crippen molar-refractivity contribution < 1.29 is 9.90 Å². The van der Waals surface area contributed by atoms with E-state index >= 15 is 0 Å². The van der Waals surface area contributed by atoms with Gasteiger partial charge >= 0.3 is 0 Å². The Kier molecular flexibility index (Phi) is 4.58. The largest absolute Gasteiger partial charge is 0.393 e. The Morgan fingerprint density at radius 2 is 2.13 bits per heavy atom. The first kappa shape index (κ1) is 15.9. The van der Waals surface area contributed by atoms with Gasteiger partial charge in [0, 0.05) is 18.1 Å². The fourth-order valence-electron chi connectivity index (χ4n) is 2.91. The van der Waals surface area contributed by atoms with E-state index in [1.54, 1.807) is 30.0 Å². The summed E-state index contributed by atoms with van der Waals surface area (Å²) in [5, 5.41) is 21.2. The van der Waals surface area contributed by atoms with Crippen molar-refractivity contribution in [2.45, 2.75) is 25.9 Å². The number of carbonyl (C=O) groups excluding carboxylic acids is 1. The molecule has 0 aliphatic carbocycles. The van der Waals surface area contributed by atoms with Gasteiger partial charge in [0.1, 0.15) is 6.33 Å². The highest BCUT2D eigenvalue weighted by Gasteiger charge is 2.27. The molecule has 0 saturated carbocycles. The second-order valence-electron chi connectivity index (χ2n) is 5.79. The van der Waals surface area contributed by atoms with E-state index in [2.05, 4.69) is 15.5 Å². The smallest absolute Gasteiger partial charge is 0.256 e. The summed E-state index contributed by atoms with van der Waals surface area (Å²) in [6, 6.07) is 5.07. The van der Waals surface area contributed by atoms with Gasteiger partial charge in [0.15, 0.2) is 0 Å². The second-order valence-corrected chi connectivity index (χ2v) is 6.22. The molecule has 0 spiro atoms. The Morgan fingerprint density at radius 3 is 2.74 bits per heavy atom. The maximum atomic E-state index is 12.9. The molecule has 1 aliphatic rings. The fourth-order valence-corrected chi connectivity index (χ4v) is 3.08. The zero-order valence-corrected chi connectivity index (χ0v) is 13.5. The van der Waals surface area contributed by atoms with Crippen molar-refractivity contribution >= 4 is 17.5 Å². The molecule has 7 nitrogen and oxygen atoms in total. The third-order valence-corrected chi connectivity index (χ3v) is 4.53. The summed E-state index contributed by atoms with van der Waals surface area (Å²) in [4.78, 5) is 14.7. The maximum Gasteiger partial charge on any atom is 0.256 e. The predicted octanol–water partition coefficient (Wildman–Crippen LogP) is 1.55. The minimum atomic E-state index is -0.338. The van der Waals surface area contributed by atoms with E-state index in [-0.39, 0.29) is 17.9 Å². The molecule has 122 valence electrons. The number of hydrogen-bond acceptors (Lipinski definition) is 5. The molecule has 1 aromatic heterocycles. The molecule has 1 N–H and O–H groups in total. The molecule has 1 atom stereocenters. The van der Waals surface area contributed by atoms with E-state index in [1.165, 1.54) is 11.0 Å². The topological polar surface area (TPSA) is 84.1 Å². The monoisotopic (exact) mass is 335 g/mol. The van der Waals surface area contributed by atoms with Crippen molar-refractivity contribution in [3.63, 3.8) is 0 Å². The van der Waals surface area contributed by atoms with Gasteiger partial charge < -0.3 is 10.0 Å². The molecule has 0 bridgehead atoms. The van der Waals surface area contributed by atoms with Gasteiger partial charge in [0.05, 0.1) is 17.4 Å². The quantitative estimate of drug-likeness (QED) is 0.920. The van der Waals surface area contributed by atoms with Crippen LogP contribution in [0.1, 0.15) is 30.1 Å². The average Bonchev–Trinajstić information content (AvgIpc) is 3.08. The van der Waals surface area contributed by atoms with Crippen LogP contribution in [0.15, 0.2) is 24.5 Å². The number of rotatable bonds is 3. The lowest BCUT2D eigenvalue weighted by molar-refractivity contribution is 0.0521. The van der Waals surface area contributed by atoms with Crippen molar-refractivity contribution in [3.05, 3.63) is 35.1 Å². The van der Waals surface area contributed by atoms with Gasteiger partial charge in [-0.05, 0) is 54.3 Å². The molecule has 23 heavy (non-hydrogen) atoms. The first-order valence-electron chi connectivity index (χ1n) is 7.56. The minimum Gasteiger partial charge on any atom is -0.393 e. The third kappa shape index (κ3) is 3.35. The summed E-state index contributed by atoms with van der Waals surface area (Å²) in [6.07, 6.45) is 2.70. The van der Waals surface area contributed by atoms with Crippen LogP contribution in [0, 0.1) is 5.92 Å². The van der Waals surface area contributed by atoms with Crippen LogP contribution in [0.3, 0.4) is 0 Å². The van der Waals surface area contributed by atoms with E-state index in [1.807, 2.05) is 0 Å². The van der Waals surface area contributed by atoms with Gasteiger partial charge in [-0.25, -0.2) is 0 Å². The molecule has 1 fully saturated rings. The summed E-state index contributed by atoms with van der Waals surface area (Å²) in [5.41, 5.74) is 1.07. The van der Waals surface area contributed by atoms with Crippen LogP contribution in [0.4, 0.5) is 0 Å². The SMILES string of the molecule is CC(O)C1CCN(C(=O)c2cc(Cl)ccc2-n2cnnn2)CC1. The molecule has 1 unspecified atom stereocenters. The highest BCUT2D eigenvalue weighted by atomic mass is 35.5. The molecule has 8 heteroatoms. The number of amides is 1. The van der Waals surface area contributed by atoms with Gasteiger partial charge in [-0.15, -0.1) is 5.10 Å². The standard InChI is InChI=1S/C15H18ClN5O2/c1-10(22)11-4-6-20(7-5-11)15(23)13-8-12(16)2-3-14(13)21-9-17-18-19-21/h2-3,8-11,22H,4-7H2,1H3. The summed E-state index contributed by atoms with van der Waals surface area (Å²) in [6.45, 7) is 3.04. The van der Waals surface area contributed by atoms with Crippen molar-refractivity contribution in [1.82, 2.24) is 25.1 Å². The summed E-state index contributed by atoms with van der Waals surface area (Å²) >= 11 is 6.06. The lowest BCUT2D eigenvalue weighted by atomic mass is 9.92. The normalized spacial score (nSPS) is 17.3.